The summed E-state index contributed by atoms with van der Waals surface area (Å²) in [6, 6.07) is 11.3. The van der Waals surface area contributed by atoms with Gasteiger partial charge in [-0.15, -0.1) is 5.10 Å². The van der Waals surface area contributed by atoms with Gasteiger partial charge in [0, 0.05) is 6.54 Å². The van der Waals surface area contributed by atoms with Crippen LogP contribution < -0.4 is 14.2 Å². The summed E-state index contributed by atoms with van der Waals surface area (Å²) >= 11 is 0. The molecule has 8 nitrogen and oxygen atoms in total. The average molecular weight is 463 g/mol. The van der Waals surface area contributed by atoms with Crippen LogP contribution >= 0.6 is 0 Å². The van der Waals surface area contributed by atoms with Gasteiger partial charge in [0.05, 0.1) is 17.5 Å². The van der Waals surface area contributed by atoms with E-state index in [4.69, 9.17) is 9.47 Å². The van der Waals surface area contributed by atoms with Crippen molar-refractivity contribution in [1.29, 1.82) is 0 Å². The zero-order valence-corrected chi connectivity index (χ0v) is 19.1. The van der Waals surface area contributed by atoms with E-state index in [0.717, 1.165) is 12.8 Å². The fourth-order valence-electron chi connectivity index (χ4n) is 3.00. The van der Waals surface area contributed by atoms with Gasteiger partial charge in [-0.25, -0.2) is 17.5 Å². The number of hydrogen-bond donors (Lipinski definition) is 1. The van der Waals surface area contributed by atoms with E-state index in [1.165, 1.54) is 36.4 Å². The largest absolute Gasteiger partial charge is 0.494 e. The van der Waals surface area contributed by atoms with Crippen LogP contribution in [0.2, 0.25) is 0 Å². The first-order valence-electron chi connectivity index (χ1n) is 10.5. The number of nitrogens with one attached hydrogen (secondary N) is 1. The Morgan fingerprint density at radius 3 is 2.31 bits per heavy atom. The van der Waals surface area contributed by atoms with Crippen LogP contribution in [0.25, 0.3) is 0 Å². The lowest BCUT2D eigenvalue weighted by Gasteiger charge is -2.15. The van der Waals surface area contributed by atoms with Crippen LogP contribution in [0.1, 0.15) is 45.5 Å². The van der Waals surface area contributed by atoms with Gasteiger partial charge < -0.3 is 9.47 Å². The Morgan fingerprint density at radius 2 is 1.69 bits per heavy atom. The molecule has 0 radical (unpaired) electrons. The summed E-state index contributed by atoms with van der Waals surface area (Å²) in [7, 11) is -3.80. The van der Waals surface area contributed by atoms with E-state index < -0.39 is 16.1 Å². The Labute approximate surface area is 187 Å². The minimum Gasteiger partial charge on any atom is -0.494 e. The van der Waals surface area contributed by atoms with Crippen LogP contribution in [0.4, 0.5) is 4.39 Å². The van der Waals surface area contributed by atoms with Crippen LogP contribution in [0, 0.1) is 5.82 Å². The number of benzene rings is 2. The Kier molecular flexibility index (Phi) is 7.81. The zero-order valence-electron chi connectivity index (χ0n) is 18.3. The Hall–Kier alpha value is -2.98. The molecule has 0 spiro atoms. The molecule has 172 valence electrons. The van der Waals surface area contributed by atoms with Crippen LogP contribution in [0.5, 0.6) is 17.5 Å². The van der Waals surface area contributed by atoms with Crippen LogP contribution in [0.15, 0.2) is 53.4 Å². The van der Waals surface area contributed by atoms with Crippen molar-refractivity contribution in [2.24, 2.45) is 0 Å². The molecule has 0 saturated heterocycles. The predicted octanol–water partition coefficient (Wildman–Crippen LogP) is 4.45. The molecule has 0 fully saturated rings. The molecule has 1 aromatic heterocycles. The van der Waals surface area contributed by atoms with E-state index in [1.54, 1.807) is 23.6 Å². The van der Waals surface area contributed by atoms with Gasteiger partial charge in [-0.1, -0.05) is 18.4 Å². The zero-order chi connectivity index (χ0) is 23.1. The number of sulfonamides is 1. The minimum atomic E-state index is -3.80. The molecular weight excluding hydrogens is 435 g/mol. The smallest absolute Gasteiger partial charge is 0.322 e. The van der Waals surface area contributed by atoms with Crippen LogP contribution in [-0.4, -0.2) is 29.8 Å². The van der Waals surface area contributed by atoms with E-state index in [2.05, 4.69) is 21.8 Å². The van der Waals surface area contributed by atoms with Gasteiger partial charge in [-0.3, -0.25) is 4.57 Å². The van der Waals surface area contributed by atoms with Crippen LogP contribution in [-0.2, 0) is 16.6 Å². The van der Waals surface area contributed by atoms with Crippen molar-refractivity contribution >= 4 is 10.0 Å². The summed E-state index contributed by atoms with van der Waals surface area (Å²) < 4.78 is 54.3. The number of nitrogens with zero attached hydrogens (tertiary/aromatic N) is 3. The number of ether oxygens (including phenoxy) is 2. The summed E-state index contributed by atoms with van der Waals surface area (Å²) in [6.07, 6.45) is 1.96. The molecule has 10 heteroatoms. The number of hydrogen-bond acceptors (Lipinski definition) is 6. The molecule has 3 aromatic rings. The first-order chi connectivity index (χ1) is 15.3. The molecule has 3 rings (SSSR count). The van der Waals surface area contributed by atoms with Crippen molar-refractivity contribution in [3.63, 3.8) is 0 Å². The molecule has 0 saturated carbocycles. The molecule has 0 aliphatic heterocycles. The highest BCUT2D eigenvalue weighted by molar-refractivity contribution is 7.89. The number of rotatable bonds is 11. The molecule has 0 aliphatic carbocycles. The summed E-state index contributed by atoms with van der Waals surface area (Å²) in [5.74, 6) is 1.04. The van der Waals surface area contributed by atoms with Crippen molar-refractivity contribution in [3.05, 3.63) is 60.2 Å². The summed E-state index contributed by atoms with van der Waals surface area (Å²) in [5.41, 5.74) is 0. The predicted molar refractivity (Wildman–Crippen MR) is 118 cm³/mol. The maximum Gasteiger partial charge on any atom is 0.322 e. The lowest BCUT2D eigenvalue weighted by molar-refractivity contribution is 0.309. The number of halogens is 1. The van der Waals surface area contributed by atoms with E-state index in [9.17, 15) is 12.8 Å². The van der Waals surface area contributed by atoms with Gasteiger partial charge in [0.15, 0.2) is 5.82 Å². The standard InChI is InChI=1S/C22H27FN4O4S/c1-4-6-15-30-18-11-13-20(14-12-18)32(28,29)26-16(3)21-24-25-22(27(21)5-2)31-19-9-7-17(23)8-10-19/h7-14,16,26H,4-6,15H2,1-3H3/t16-/m1/s1. The van der Waals surface area contributed by atoms with Crippen molar-refractivity contribution in [1.82, 2.24) is 19.5 Å². The van der Waals surface area contributed by atoms with Gasteiger partial charge in [0.25, 0.3) is 0 Å². The number of unbranched alkanes of at least 4 members (excludes halogenated alkanes) is 1. The van der Waals surface area contributed by atoms with Gasteiger partial charge in [0.2, 0.25) is 10.0 Å². The van der Waals surface area contributed by atoms with Crippen molar-refractivity contribution in [3.8, 4) is 17.5 Å². The fourth-order valence-corrected chi connectivity index (χ4v) is 4.21. The third kappa shape index (κ3) is 5.83. The molecule has 0 bridgehead atoms. The average Bonchev–Trinajstić information content (AvgIpc) is 3.18. The highest BCUT2D eigenvalue weighted by Gasteiger charge is 2.24. The van der Waals surface area contributed by atoms with E-state index in [-0.39, 0.29) is 16.7 Å². The highest BCUT2D eigenvalue weighted by Crippen LogP contribution is 2.24. The molecule has 0 aliphatic rings. The van der Waals surface area contributed by atoms with E-state index >= 15 is 0 Å². The first kappa shape index (κ1) is 23.7. The summed E-state index contributed by atoms with van der Waals surface area (Å²) in [6.45, 7) is 6.66. The second-order valence-corrected chi connectivity index (χ2v) is 8.87. The SMILES string of the molecule is CCCCOc1ccc(S(=O)(=O)N[C@H](C)c2nnc(Oc3ccc(F)cc3)n2CC)cc1. The summed E-state index contributed by atoms with van der Waals surface area (Å²) in [5, 5.41) is 8.12. The van der Waals surface area contributed by atoms with Crippen molar-refractivity contribution < 1.29 is 22.3 Å². The van der Waals surface area contributed by atoms with Gasteiger partial charge >= 0.3 is 6.01 Å². The van der Waals surface area contributed by atoms with Gasteiger partial charge in [-0.05, 0) is 68.8 Å². The molecule has 1 atom stereocenters. The van der Waals surface area contributed by atoms with Gasteiger partial charge in [-0.2, -0.15) is 0 Å². The van der Waals surface area contributed by atoms with E-state index in [0.29, 0.717) is 30.5 Å². The van der Waals surface area contributed by atoms with Gasteiger partial charge in [0.1, 0.15) is 17.3 Å². The third-order valence-electron chi connectivity index (χ3n) is 4.70. The third-order valence-corrected chi connectivity index (χ3v) is 6.26. The quantitative estimate of drug-likeness (QED) is 0.423. The lowest BCUT2D eigenvalue weighted by atomic mass is 10.3. The van der Waals surface area contributed by atoms with Crippen molar-refractivity contribution in [2.45, 2.75) is 51.1 Å². The number of aromatic nitrogens is 3. The molecule has 0 unspecified atom stereocenters. The lowest BCUT2D eigenvalue weighted by Crippen LogP contribution is -2.29. The topological polar surface area (TPSA) is 95.3 Å². The molecule has 2 aromatic carbocycles. The fraction of sp³-hybridized carbons (Fsp3) is 0.364. The van der Waals surface area contributed by atoms with Crippen molar-refractivity contribution in [2.75, 3.05) is 6.61 Å². The Bertz CT molecular complexity index is 1120. The molecule has 32 heavy (non-hydrogen) atoms. The van der Waals surface area contributed by atoms with E-state index in [1.807, 2.05) is 6.92 Å². The Morgan fingerprint density at radius 1 is 1.03 bits per heavy atom. The highest BCUT2D eigenvalue weighted by atomic mass is 32.2. The second kappa shape index (κ2) is 10.6. The normalized spacial score (nSPS) is 12.5. The Balaban J connectivity index is 1.72. The molecule has 1 heterocycles. The molecule has 0 amide bonds. The minimum absolute atomic E-state index is 0.123. The maximum atomic E-state index is 13.1. The molecule has 1 N–H and O–H groups in total. The second-order valence-electron chi connectivity index (χ2n) is 7.16. The molecular formula is C22H27FN4O4S. The summed E-state index contributed by atoms with van der Waals surface area (Å²) in [4.78, 5) is 0.123. The first-order valence-corrected chi connectivity index (χ1v) is 11.9. The monoisotopic (exact) mass is 462 g/mol. The van der Waals surface area contributed by atoms with Crippen LogP contribution in [0.3, 0.4) is 0 Å². The maximum absolute atomic E-state index is 13.1.